The van der Waals surface area contributed by atoms with Crippen molar-refractivity contribution in [2.24, 2.45) is 0 Å². The number of carbonyl (C=O) groups is 1. The molecule has 1 aromatic heterocycles. The smallest absolute Gasteiger partial charge is 0.315 e. The van der Waals surface area contributed by atoms with E-state index in [4.69, 9.17) is 21.6 Å². The van der Waals surface area contributed by atoms with Crippen LogP contribution in [0.25, 0.3) is 0 Å². The summed E-state index contributed by atoms with van der Waals surface area (Å²) in [5.74, 6) is -0.132. The average molecular weight is 349 g/mol. The van der Waals surface area contributed by atoms with Crippen molar-refractivity contribution in [1.82, 2.24) is 15.6 Å². The zero-order valence-electron chi connectivity index (χ0n) is 12.6. The van der Waals surface area contributed by atoms with Crippen molar-refractivity contribution in [2.75, 3.05) is 13.2 Å². The molecule has 2 rings (SSSR count). The van der Waals surface area contributed by atoms with Crippen molar-refractivity contribution in [2.45, 2.75) is 6.54 Å². The molecule has 0 aliphatic rings. The van der Waals surface area contributed by atoms with Crippen LogP contribution in [0.15, 0.2) is 36.5 Å². The van der Waals surface area contributed by atoms with Crippen molar-refractivity contribution < 1.29 is 13.9 Å². The number of hydrogen-bond acceptors (Lipinski definition) is 4. The van der Waals surface area contributed by atoms with Gasteiger partial charge in [0.25, 0.3) is 0 Å². The Morgan fingerprint density at radius 3 is 2.83 bits per heavy atom. The number of hydrogen-bond donors (Lipinski definition) is 2. The Balaban J connectivity index is 1.68. The topological polar surface area (TPSA) is 87.0 Å². The average Bonchev–Trinajstić information content (AvgIpc) is 2.59. The second-order valence-electron chi connectivity index (χ2n) is 4.69. The third-order valence-electron chi connectivity index (χ3n) is 2.96. The molecule has 1 aromatic carbocycles. The second kappa shape index (κ2) is 8.70. The zero-order valence-corrected chi connectivity index (χ0v) is 13.3. The number of rotatable bonds is 6. The molecule has 0 saturated heterocycles. The van der Waals surface area contributed by atoms with Gasteiger partial charge in [-0.1, -0.05) is 17.7 Å². The minimum atomic E-state index is -0.536. The number of halogens is 2. The van der Waals surface area contributed by atoms with Crippen LogP contribution >= 0.6 is 11.6 Å². The number of carbonyl (C=O) groups excluding carboxylic acids is 1. The molecule has 0 atom stereocenters. The first-order chi connectivity index (χ1) is 11.6. The number of nitrogens with one attached hydrogen (secondary N) is 2. The van der Waals surface area contributed by atoms with Crippen molar-refractivity contribution >= 4 is 17.6 Å². The Morgan fingerprint density at radius 2 is 2.17 bits per heavy atom. The first-order valence-electron chi connectivity index (χ1n) is 7.03. The van der Waals surface area contributed by atoms with E-state index < -0.39 is 11.8 Å². The minimum Gasteiger partial charge on any atom is -0.476 e. The number of urea groups is 1. The van der Waals surface area contributed by atoms with Gasteiger partial charge in [0.1, 0.15) is 12.4 Å². The molecular formula is C16H14ClFN4O2. The second-order valence-corrected chi connectivity index (χ2v) is 5.13. The number of nitrogens with zero attached hydrogens (tertiary/aromatic N) is 2. The molecule has 0 aliphatic carbocycles. The molecule has 0 unspecified atom stereocenters. The minimum absolute atomic E-state index is 0.0168. The van der Waals surface area contributed by atoms with E-state index >= 15 is 0 Å². The van der Waals surface area contributed by atoms with Crippen molar-refractivity contribution in [3.05, 3.63) is 58.5 Å². The molecule has 8 heteroatoms. The largest absolute Gasteiger partial charge is 0.476 e. The SMILES string of the molecule is N#Cc1ccc(CNC(=O)NCCOc2ccc(Cl)cn2)c(F)c1. The van der Waals surface area contributed by atoms with Gasteiger partial charge in [-0.2, -0.15) is 5.26 Å². The molecule has 2 aromatic rings. The molecule has 0 fully saturated rings. The van der Waals surface area contributed by atoms with Crippen LogP contribution in [0.3, 0.4) is 0 Å². The molecule has 2 amide bonds. The lowest BCUT2D eigenvalue weighted by molar-refractivity contribution is 0.235. The Labute approximate surface area is 143 Å². The fraction of sp³-hybridized carbons (Fsp3) is 0.188. The summed E-state index contributed by atoms with van der Waals surface area (Å²) in [5.41, 5.74) is 0.527. The van der Waals surface area contributed by atoms with E-state index in [0.717, 1.165) is 6.07 Å². The van der Waals surface area contributed by atoms with Crippen molar-refractivity contribution in [3.63, 3.8) is 0 Å². The third kappa shape index (κ3) is 5.41. The van der Waals surface area contributed by atoms with Gasteiger partial charge in [-0.3, -0.25) is 0 Å². The van der Waals surface area contributed by atoms with E-state index in [0.29, 0.717) is 16.5 Å². The highest BCUT2D eigenvalue weighted by molar-refractivity contribution is 6.30. The lowest BCUT2D eigenvalue weighted by atomic mass is 10.1. The third-order valence-corrected chi connectivity index (χ3v) is 3.18. The molecule has 24 heavy (non-hydrogen) atoms. The highest BCUT2D eigenvalue weighted by atomic mass is 35.5. The standard InChI is InChI=1S/C16H14ClFN4O2/c17-13-3-4-15(21-10-13)24-6-5-20-16(23)22-9-12-2-1-11(8-19)7-14(12)18/h1-4,7,10H,5-6,9H2,(H2,20,22,23). The molecule has 0 aliphatic heterocycles. The van der Waals surface area contributed by atoms with Gasteiger partial charge in [-0.25, -0.2) is 14.2 Å². The molecule has 0 saturated carbocycles. The van der Waals surface area contributed by atoms with Gasteiger partial charge >= 0.3 is 6.03 Å². The summed E-state index contributed by atoms with van der Waals surface area (Å²) < 4.78 is 19.0. The lowest BCUT2D eigenvalue weighted by Crippen LogP contribution is -2.37. The van der Waals surface area contributed by atoms with Crippen molar-refractivity contribution in [3.8, 4) is 11.9 Å². The van der Waals surface area contributed by atoms with Crippen LogP contribution in [-0.4, -0.2) is 24.2 Å². The predicted octanol–water partition coefficient (Wildman–Crippen LogP) is 2.62. The number of aromatic nitrogens is 1. The Bertz CT molecular complexity index is 747. The van der Waals surface area contributed by atoms with Crippen LogP contribution in [0.1, 0.15) is 11.1 Å². The van der Waals surface area contributed by atoms with E-state index in [9.17, 15) is 9.18 Å². The lowest BCUT2D eigenvalue weighted by Gasteiger charge is -2.09. The van der Waals surface area contributed by atoms with Gasteiger partial charge in [0.05, 0.1) is 23.2 Å². The zero-order chi connectivity index (χ0) is 17.4. The van der Waals surface area contributed by atoms with Crippen LogP contribution in [0.5, 0.6) is 5.88 Å². The van der Waals surface area contributed by atoms with E-state index in [-0.39, 0.29) is 25.3 Å². The van der Waals surface area contributed by atoms with Crippen LogP contribution in [0, 0.1) is 17.1 Å². The number of amides is 2. The molecule has 1 heterocycles. The maximum Gasteiger partial charge on any atom is 0.315 e. The first kappa shape index (κ1) is 17.5. The highest BCUT2D eigenvalue weighted by Gasteiger charge is 2.06. The maximum absolute atomic E-state index is 13.7. The highest BCUT2D eigenvalue weighted by Crippen LogP contribution is 2.11. The molecule has 0 spiro atoms. The van der Waals surface area contributed by atoms with Crippen LogP contribution in [0.4, 0.5) is 9.18 Å². The van der Waals surface area contributed by atoms with Gasteiger partial charge in [0, 0.05) is 24.4 Å². The fourth-order valence-corrected chi connectivity index (χ4v) is 1.88. The fourth-order valence-electron chi connectivity index (χ4n) is 1.77. The first-order valence-corrected chi connectivity index (χ1v) is 7.41. The number of pyridine rings is 1. The van der Waals surface area contributed by atoms with Crippen LogP contribution in [0.2, 0.25) is 5.02 Å². The number of benzene rings is 1. The van der Waals surface area contributed by atoms with Gasteiger partial charge in [0.2, 0.25) is 5.88 Å². The monoisotopic (exact) mass is 348 g/mol. The summed E-state index contributed by atoms with van der Waals surface area (Å²) in [4.78, 5) is 15.6. The summed E-state index contributed by atoms with van der Waals surface area (Å²) in [6.45, 7) is 0.502. The van der Waals surface area contributed by atoms with Crippen molar-refractivity contribution in [1.29, 1.82) is 5.26 Å². The van der Waals surface area contributed by atoms with Crippen LogP contribution in [-0.2, 0) is 6.54 Å². The Kier molecular flexibility index (Phi) is 6.34. The van der Waals surface area contributed by atoms with E-state index in [2.05, 4.69) is 15.6 Å². The summed E-state index contributed by atoms with van der Waals surface area (Å²) in [6.07, 6.45) is 1.46. The van der Waals surface area contributed by atoms with Gasteiger partial charge < -0.3 is 15.4 Å². The molecule has 0 bridgehead atoms. The van der Waals surface area contributed by atoms with Gasteiger partial charge in [-0.15, -0.1) is 0 Å². The predicted molar refractivity (Wildman–Crippen MR) is 86.1 cm³/mol. The Hall–Kier alpha value is -2.85. The number of ether oxygens (including phenoxy) is 1. The molecular weight excluding hydrogens is 335 g/mol. The number of nitriles is 1. The van der Waals surface area contributed by atoms with Gasteiger partial charge in [0.15, 0.2) is 0 Å². The summed E-state index contributed by atoms with van der Waals surface area (Å²) in [7, 11) is 0. The van der Waals surface area contributed by atoms with E-state index in [1.54, 1.807) is 12.1 Å². The summed E-state index contributed by atoms with van der Waals surface area (Å²) in [6, 6.07) is 8.74. The van der Waals surface area contributed by atoms with Gasteiger partial charge in [-0.05, 0) is 18.2 Å². The quantitative estimate of drug-likeness (QED) is 0.786. The normalized spacial score (nSPS) is 9.88. The Morgan fingerprint density at radius 1 is 1.33 bits per heavy atom. The molecule has 0 radical (unpaired) electrons. The molecule has 2 N–H and O–H groups in total. The van der Waals surface area contributed by atoms with Crippen LogP contribution < -0.4 is 15.4 Å². The summed E-state index contributed by atoms with van der Waals surface area (Å²) >= 11 is 5.70. The van der Waals surface area contributed by atoms with E-state index in [1.807, 2.05) is 6.07 Å². The maximum atomic E-state index is 13.7. The molecule has 6 nitrogen and oxygen atoms in total. The summed E-state index contributed by atoms with van der Waals surface area (Å²) in [5, 5.41) is 14.3. The molecule has 124 valence electrons. The van der Waals surface area contributed by atoms with E-state index in [1.165, 1.54) is 18.3 Å².